The molecular weight excluding hydrogens is 254 g/mol. The van der Waals surface area contributed by atoms with E-state index in [4.69, 9.17) is 17.3 Å². The van der Waals surface area contributed by atoms with Gasteiger partial charge in [0, 0.05) is 6.20 Å². The molecule has 6 nitrogen and oxygen atoms in total. The average molecular weight is 264 g/mol. The molecule has 2 aromatic heterocycles. The Labute approximate surface area is 108 Å². The molecule has 0 saturated heterocycles. The lowest BCUT2D eigenvalue weighted by Gasteiger charge is -2.06. The number of hydrogen-bond acceptors (Lipinski definition) is 5. The summed E-state index contributed by atoms with van der Waals surface area (Å²) >= 11 is 5.82. The van der Waals surface area contributed by atoms with Crippen LogP contribution in [0.5, 0.6) is 0 Å². The van der Waals surface area contributed by atoms with Crippen molar-refractivity contribution in [2.24, 2.45) is 0 Å². The highest BCUT2D eigenvalue weighted by Crippen LogP contribution is 2.15. The molecule has 2 rings (SSSR count). The number of rotatable bonds is 3. The Morgan fingerprint density at radius 3 is 3.00 bits per heavy atom. The van der Waals surface area contributed by atoms with Crippen molar-refractivity contribution in [3.63, 3.8) is 0 Å². The van der Waals surface area contributed by atoms with Crippen LogP contribution in [0.2, 0.25) is 5.15 Å². The first-order valence-corrected chi connectivity index (χ1v) is 5.48. The summed E-state index contributed by atoms with van der Waals surface area (Å²) in [5, 5.41) is 2.79. The molecule has 0 saturated carbocycles. The Hall–Kier alpha value is -2.21. The smallest absolute Gasteiger partial charge is 0.254 e. The van der Waals surface area contributed by atoms with E-state index >= 15 is 0 Å². The largest absolute Gasteiger partial charge is 0.397 e. The van der Waals surface area contributed by atoms with Crippen LogP contribution < -0.4 is 11.1 Å². The number of hydrogen-bond donors (Lipinski definition) is 2. The quantitative estimate of drug-likeness (QED) is 0.807. The van der Waals surface area contributed by atoms with Gasteiger partial charge in [-0.05, 0) is 12.1 Å². The van der Waals surface area contributed by atoms with E-state index in [1.807, 2.05) is 0 Å². The van der Waals surface area contributed by atoms with Gasteiger partial charge in [-0.1, -0.05) is 11.6 Å². The van der Waals surface area contributed by atoms with Gasteiger partial charge in [0.25, 0.3) is 5.91 Å². The van der Waals surface area contributed by atoms with Gasteiger partial charge < -0.3 is 11.1 Å². The zero-order valence-corrected chi connectivity index (χ0v) is 10.1. The van der Waals surface area contributed by atoms with Crippen LogP contribution >= 0.6 is 11.6 Å². The van der Waals surface area contributed by atoms with Crippen molar-refractivity contribution in [2.75, 3.05) is 5.73 Å². The molecule has 7 heteroatoms. The van der Waals surface area contributed by atoms with Gasteiger partial charge in [0.2, 0.25) is 0 Å². The number of anilines is 1. The number of halogens is 1. The van der Waals surface area contributed by atoms with Crippen LogP contribution in [-0.2, 0) is 6.54 Å². The molecule has 0 aliphatic carbocycles. The highest BCUT2D eigenvalue weighted by atomic mass is 35.5. The van der Waals surface area contributed by atoms with Crippen LogP contribution in [0.15, 0.2) is 30.9 Å². The molecule has 0 fully saturated rings. The summed E-state index contributed by atoms with van der Waals surface area (Å²) < 4.78 is 0. The molecule has 2 aromatic rings. The molecule has 0 radical (unpaired) electrons. The number of nitrogens with zero attached hydrogens (tertiary/aromatic N) is 3. The summed E-state index contributed by atoms with van der Waals surface area (Å²) in [7, 11) is 0. The van der Waals surface area contributed by atoms with E-state index < -0.39 is 0 Å². The van der Waals surface area contributed by atoms with Crippen LogP contribution in [0.4, 0.5) is 5.69 Å². The summed E-state index contributed by atoms with van der Waals surface area (Å²) in [4.78, 5) is 23.4. The Kier molecular flexibility index (Phi) is 3.69. The molecule has 3 N–H and O–H groups in total. The van der Waals surface area contributed by atoms with Gasteiger partial charge in [-0.15, -0.1) is 0 Å². The number of carbonyl (C=O) groups excluding carboxylic acids is 1. The van der Waals surface area contributed by atoms with Crippen molar-refractivity contribution in [3.8, 4) is 0 Å². The van der Waals surface area contributed by atoms with Crippen molar-refractivity contribution in [3.05, 3.63) is 47.3 Å². The highest BCUT2D eigenvalue weighted by Gasteiger charge is 2.11. The molecular formula is C11H10ClN5O. The molecule has 1 amide bonds. The van der Waals surface area contributed by atoms with Crippen LogP contribution in [-0.4, -0.2) is 20.9 Å². The second kappa shape index (κ2) is 5.42. The van der Waals surface area contributed by atoms with Gasteiger partial charge in [0.1, 0.15) is 11.5 Å². The third-order valence-corrected chi connectivity index (χ3v) is 2.48. The van der Waals surface area contributed by atoms with E-state index in [1.54, 1.807) is 12.3 Å². The third kappa shape index (κ3) is 2.92. The van der Waals surface area contributed by atoms with Gasteiger partial charge in [0.15, 0.2) is 0 Å². The molecule has 2 heterocycles. The minimum atomic E-state index is -0.349. The monoisotopic (exact) mass is 263 g/mol. The van der Waals surface area contributed by atoms with Crippen molar-refractivity contribution >= 4 is 23.2 Å². The Balaban J connectivity index is 2.06. The number of pyridine rings is 1. The molecule has 0 spiro atoms. The van der Waals surface area contributed by atoms with Crippen LogP contribution in [0.3, 0.4) is 0 Å². The fraction of sp³-hybridized carbons (Fsp3) is 0.0909. The Morgan fingerprint density at radius 2 is 2.28 bits per heavy atom. The standard InChI is InChI=1S/C11H10ClN5O/c12-10-9(3-7(13)4-15-10)11(18)16-5-8-1-2-14-6-17-8/h1-4,6H,5,13H2,(H,16,18). The van der Waals surface area contributed by atoms with Crippen molar-refractivity contribution in [1.82, 2.24) is 20.3 Å². The average Bonchev–Trinajstić information content (AvgIpc) is 2.40. The number of carbonyl (C=O) groups is 1. The maximum Gasteiger partial charge on any atom is 0.254 e. The number of nitrogens with two attached hydrogens (primary N) is 1. The lowest BCUT2D eigenvalue weighted by atomic mass is 10.2. The molecule has 0 atom stereocenters. The number of nitrogens with one attached hydrogen (secondary N) is 1. The maximum atomic E-state index is 11.9. The first kappa shape index (κ1) is 12.3. The maximum absolute atomic E-state index is 11.9. The lowest BCUT2D eigenvalue weighted by Crippen LogP contribution is -2.24. The number of nitrogen functional groups attached to an aromatic ring is 1. The van der Waals surface area contributed by atoms with Gasteiger partial charge >= 0.3 is 0 Å². The van der Waals surface area contributed by atoms with Gasteiger partial charge in [-0.2, -0.15) is 0 Å². The molecule has 0 aliphatic heterocycles. The molecule has 92 valence electrons. The number of aromatic nitrogens is 3. The van der Waals surface area contributed by atoms with Crippen LogP contribution in [0.25, 0.3) is 0 Å². The van der Waals surface area contributed by atoms with Gasteiger partial charge in [-0.3, -0.25) is 4.79 Å². The SMILES string of the molecule is Nc1cnc(Cl)c(C(=O)NCc2ccncn2)c1. The predicted octanol–water partition coefficient (Wildman–Crippen LogP) is 1.04. The van der Waals surface area contributed by atoms with E-state index in [1.165, 1.54) is 18.6 Å². The van der Waals surface area contributed by atoms with E-state index in [-0.39, 0.29) is 23.2 Å². The highest BCUT2D eigenvalue weighted by molar-refractivity contribution is 6.32. The second-order valence-corrected chi connectivity index (χ2v) is 3.85. The minimum Gasteiger partial charge on any atom is -0.397 e. The van der Waals surface area contributed by atoms with E-state index in [0.29, 0.717) is 11.4 Å². The first-order valence-electron chi connectivity index (χ1n) is 5.11. The van der Waals surface area contributed by atoms with Crippen molar-refractivity contribution in [2.45, 2.75) is 6.54 Å². The fourth-order valence-corrected chi connectivity index (χ4v) is 1.50. The third-order valence-electron chi connectivity index (χ3n) is 2.18. The second-order valence-electron chi connectivity index (χ2n) is 3.49. The zero-order valence-electron chi connectivity index (χ0n) is 9.30. The zero-order chi connectivity index (χ0) is 13.0. The Morgan fingerprint density at radius 1 is 1.44 bits per heavy atom. The van der Waals surface area contributed by atoms with Crippen molar-refractivity contribution < 1.29 is 4.79 Å². The molecule has 0 aliphatic rings. The van der Waals surface area contributed by atoms with E-state index in [9.17, 15) is 4.79 Å². The minimum absolute atomic E-state index is 0.115. The van der Waals surface area contributed by atoms with Crippen LogP contribution in [0.1, 0.15) is 16.1 Å². The first-order chi connectivity index (χ1) is 8.66. The van der Waals surface area contributed by atoms with Crippen molar-refractivity contribution in [1.29, 1.82) is 0 Å². The van der Waals surface area contributed by atoms with E-state index in [2.05, 4.69) is 20.3 Å². The topological polar surface area (TPSA) is 93.8 Å². The van der Waals surface area contributed by atoms with Gasteiger partial charge in [0.05, 0.1) is 29.7 Å². The summed E-state index contributed by atoms with van der Waals surface area (Å²) in [5.74, 6) is -0.349. The summed E-state index contributed by atoms with van der Waals surface area (Å²) in [6.07, 6.45) is 4.41. The molecule has 0 aromatic carbocycles. The van der Waals surface area contributed by atoms with E-state index in [0.717, 1.165) is 0 Å². The predicted molar refractivity (Wildman–Crippen MR) is 66.9 cm³/mol. The summed E-state index contributed by atoms with van der Waals surface area (Å²) in [5.41, 5.74) is 6.87. The number of amides is 1. The van der Waals surface area contributed by atoms with Crippen LogP contribution in [0, 0.1) is 0 Å². The summed E-state index contributed by atoms with van der Waals surface area (Å²) in [6, 6.07) is 3.18. The fourth-order valence-electron chi connectivity index (χ4n) is 1.31. The molecule has 0 bridgehead atoms. The molecule has 0 unspecified atom stereocenters. The lowest BCUT2D eigenvalue weighted by molar-refractivity contribution is 0.0950. The normalized spacial score (nSPS) is 10.1. The summed E-state index contributed by atoms with van der Waals surface area (Å²) in [6.45, 7) is 0.284. The molecule has 18 heavy (non-hydrogen) atoms. The van der Waals surface area contributed by atoms with Gasteiger partial charge in [-0.25, -0.2) is 15.0 Å². The Bertz CT molecular complexity index is 561.